The molecule has 0 aliphatic rings. The number of halogens is 1. The Bertz CT molecular complexity index is 640. The number of benzene rings is 1. The smallest absolute Gasteiger partial charge is 0.327 e. The molecule has 4 N–H and O–H groups in total. The van der Waals surface area contributed by atoms with E-state index in [1.165, 1.54) is 23.9 Å². The number of urea groups is 1. The summed E-state index contributed by atoms with van der Waals surface area (Å²) in [6, 6.07) is 2.66. The van der Waals surface area contributed by atoms with Crippen LogP contribution in [0.5, 0.6) is 0 Å². The first-order chi connectivity index (χ1) is 12.3. The minimum atomic E-state index is -1.25. The minimum Gasteiger partial charge on any atom is -0.481 e. The van der Waals surface area contributed by atoms with Crippen LogP contribution < -0.4 is 10.6 Å². The number of carbonyl (C=O) groups is 4. The summed E-state index contributed by atoms with van der Waals surface area (Å²) >= 11 is 1.24. The largest absolute Gasteiger partial charge is 0.481 e. The fourth-order valence-corrected chi connectivity index (χ4v) is 2.88. The quantitative estimate of drug-likeness (QED) is 0.421. The summed E-state index contributed by atoms with van der Waals surface area (Å²) < 4.78 is 12.8. The highest BCUT2D eigenvalue weighted by atomic mass is 32.2. The van der Waals surface area contributed by atoms with Crippen LogP contribution in [-0.4, -0.2) is 52.3 Å². The molecule has 0 aliphatic carbocycles. The number of carboxylic acids is 2. The zero-order valence-electron chi connectivity index (χ0n) is 13.7. The second-order valence-corrected chi connectivity index (χ2v) is 6.36. The molecular formula is C16H19FN2O6S. The number of hydrogen-bond donors (Lipinski definition) is 4. The van der Waals surface area contributed by atoms with E-state index in [4.69, 9.17) is 5.11 Å². The van der Waals surface area contributed by atoms with Crippen LogP contribution in [0.2, 0.25) is 0 Å². The second-order valence-electron chi connectivity index (χ2n) is 5.33. The van der Waals surface area contributed by atoms with Gasteiger partial charge in [-0.1, -0.05) is 12.1 Å². The average molecular weight is 386 g/mol. The van der Waals surface area contributed by atoms with Crippen molar-refractivity contribution in [3.05, 3.63) is 35.6 Å². The van der Waals surface area contributed by atoms with E-state index in [1.807, 2.05) is 0 Å². The number of rotatable bonds is 11. The van der Waals surface area contributed by atoms with Crippen molar-refractivity contribution in [1.82, 2.24) is 10.6 Å². The molecule has 2 amide bonds. The van der Waals surface area contributed by atoms with E-state index < -0.39 is 30.1 Å². The molecule has 0 unspecified atom stereocenters. The summed E-state index contributed by atoms with van der Waals surface area (Å²) in [7, 11) is 0. The number of aliphatic carboxylic acids is 2. The summed E-state index contributed by atoms with van der Waals surface area (Å²) in [6.45, 7) is 0. The van der Waals surface area contributed by atoms with E-state index in [0.29, 0.717) is 12.0 Å². The van der Waals surface area contributed by atoms with Gasteiger partial charge in [-0.3, -0.25) is 4.79 Å². The van der Waals surface area contributed by atoms with Crippen LogP contribution in [0.3, 0.4) is 0 Å². The molecule has 2 atom stereocenters. The van der Waals surface area contributed by atoms with E-state index >= 15 is 0 Å². The van der Waals surface area contributed by atoms with Gasteiger partial charge in [-0.25, -0.2) is 14.0 Å². The molecule has 26 heavy (non-hydrogen) atoms. The van der Waals surface area contributed by atoms with Gasteiger partial charge in [0.15, 0.2) is 0 Å². The molecule has 0 saturated heterocycles. The molecule has 0 aliphatic heterocycles. The van der Waals surface area contributed by atoms with Gasteiger partial charge in [-0.2, -0.15) is 11.8 Å². The Morgan fingerprint density at radius 3 is 2.35 bits per heavy atom. The van der Waals surface area contributed by atoms with Gasteiger partial charge in [-0.05, 0) is 24.1 Å². The lowest BCUT2D eigenvalue weighted by Crippen LogP contribution is -2.50. The highest BCUT2D eigenvalue weighted by Crippen LogP contribution is 2.14. The molecule has 0 spiro atoms. The maximum absolute atomic E-state index is 12.8. The Labute approximate surface area is 153 Å². The number of thioether (sulfide) groups is 1. The Hall–Kier alpha value is -2.62. The van der Waals surface area contributed by atoms with E-state index in [-0.39, 0.29) is 24.4 Å². The van der Waals surface area contributed by atoms with Crippen LogP contribution in [0.25, 0.3) is 0 Å². The van der Waals surface area contributed by atoms with E-state index in [9.17, 15) is 28.7 Å². The zero-order valence-corrected chi connectivity index (χ0v) is 14.5. The number of carbonyl (C=O) groups excluding carboxylic acids is 2. The summed E-state index contributed by atoms with van der Waals surface area (Å²) in [5, 5.41) is 22.2. The predicted octanol–water partition coefficient (Wildman–Crippen LogP) is 1.24. The van der Waals surface area contributed by atoms with Gasteiger partial charge in [0.2, 0.25) is 0 Å². The first-order valence-corrected chi connectivity index (χ1v) is 8.76. The van der Waals surface area contributed by atoms with Crippen LogP contribution in [0.4, 0.5) is 9.18 Å². The minimum absolute atomic E-state index is 0.0566. The number of amides is 2. The van der Waals surface area contributed by atoms with Crippen molar-refractivity contribution in [2.24, 2.45) is 0 Å². The van der Waals surface area contributed by atoms with Crippen molar-refractivity contribution < 1.29 is 33.8 Å². The first-order valence-electron chi connectivity index (χ1n) is 7.61. The maximum atomic E-state index is 12.8. The van der Waals surface area contributed by atoms with Gasteiger partial charge in [0, 0.05) is 17.9 Å². The SMILES string of the molecule is O=C[C@H](CCC(=O)O)NC(=O)N[C@@H](CSCc1ccc(F)cc1)C(=O)O. The normalized spacial score (nSPS) is 12.7. The van der Waals surface area contributed by atoms with Crippen molar-refractivity contribution in [2.75, 3.05) is 5.75 Å². The van der Waals surface area contributed by atoms with Gasteiger partial charge in [-0.15, -0.1) is 0 Å². The molecule has 0 saturated carbocycles. The molecular weight excluding hydrogens is 367 g/mol. The number of hydrogen-bond acceptors (Lipinski definition) is 5. The molecule has 1 aromatic carbocycles. The Kier molecular flexibility index (Phi) is 9.13. The van der Waals surface area contributed by atoms with Crippen LogP contribution >= 0.6 is 11.8 Å². The summed E-state index contributed by atoms with van der Waals surface area (Å²) in [4.78, 5) is 44.4. The lowest BCUT2D eigenvalue weighted by Gasteiger charge is -2.17. The van der Waals surface area contributed by atoms with E-state index in [0.717, 1.165) is 5.56 Å². The van der Waals surface area contributed by atoms with Crippen molar-refractivity contribution >= 4 is 36.0 Å². The van der Waals surface area contributed by atoms with Gasteiger partial charge >= 0.3 is 18.0 Å². The standard InChI is InChI=1S/C16H19FN2O6S/c17-11-3-1-10(2-4-11)8-26-9-13(15(23)24)19-16(25)18-12(7-20)5-6-14(21)22/h1-4,7,12-13H,5-6,8-9H2,(H,21,22)(H,23,24)(H2,18,19,25)/t12-,13-/m0/s1. The van der Waals surface area contributed by atoms with Crippen LogP contribution in [0.1, 0.15) is 18.4 Å². The topological polar surface area (TPSA) is 133 Å². The van der Waals surface area contributed by atoms with Gasteiger partial charge < -0.3 is 25.6 Å². The Balaban J connectivity index is 2.46. The molecule has 0 radical (unpaired) electrons. The van der Waals surface area contributed by atoms with Crippen molar-refractivity contribution in [3.63, 3.8) is 0 Å². The number of aldehydes is 1. The highest BCUT2D eigenvalue weighted by molar-refractivity contribution is 7.98. The molecule has 0 bridgehead atoms. The number of nitrogens with one attached hydrogen (secondary N) is 2. The third-order valence-electron chi connectivity index (χ3n) is 3.22. The van der Waals surface area contributed by atoms with E-state index in [1.54, 1.807) is 12.1 Å². The van der Waals surface area contributed by atoms with Crippen molar-refractivity contribution in [2.45, 2.75) is 30.7 Å². The third kappa shape index (κ3) is 8.47. The van der Waals surface area contributed by atoms with Crippen LogP contribution in [0, 0.1) is 5.82 Å². The van der Waals surface area contributed by atoms with Crippen molar-refractivity contribution in [3.8, 4) is 0 Å². The average Bonchev–Trinajstić information content (AvgIpc) is 2.59. The highest BCUT2D eigenvalue weighted by Gasteiger charge is 2.21. The molecule has 142 valence electrons. The molecule has 8 nitrogen and oxygen atoms in total. The summed E-state index contributed by atoms with van der Waals surface area (Å²) in [5.41, 5.74) is 0.805. The third-order valence-corrected chi connectivity index (χ3v) is 4.33. The molecule has 1 aromatic rings. The lowest BCUT2D eigenvalue weighted by atomic mass is 10.2. The first kappa shape index (κ1) is 21.4. The molecule has 0 heterocycles. The fourth-order valence-electron chi connectivity index (χ4n) is 1.87. The molecule has 0 fully saturated rings. The van der Waals surface area contributed by atoms with E-state index in [2.05, 4.69) is 10.6 Å². The van der Waals surface area contributed by atoms with Crippen LogP contribution in [-0.2, 0) is 20.1 Å². The molecule has 10 heteroatoms. The molecule has 1 rings (SSSR count). The number of carboxylic acid groups (broad SMARTS) is 2. The fraction of sp³-hybridized carbons (Fsp3) is 0.375. The maximum Gasteiger partial charge on any atom is 0.327 e. The van der Waals surface area contributed by atoms with Gasteiger partial charge in [0.1, 0.15) is 18.1 Å². The van der Waals surface area contributed by atoms with Crippen LogP contribution in [0.15, 0.2) is 24.3 Å². The summed E-state index contributed by atoms with van der Waals surface area (Å²) in [6.07, 6.45) is -0.00947. The zero-order chi connectivity index (χ0) is 19.5. The summed E-state index contributed by atoms with van der Waals surface area (Å²) in [5.74, 6) is -2.24. The predicted molar refractivity (Wildman–Crippen MR) is 92.4 cm³/mol. The van der Waals surface area contributed by atoms with Gasteiger partial charge in [0.05, 0.1) is 6.04 Å². The van der Waals surface area contributed by atoms with Crippen molar-refractivity contribution in [1.29, 1.82) is 0 Å². The van der Waals surface area contributed by atoms with Gasteiger partial charge in [0.25, 0.3) is 0 Å². The Morgan fingerprint density at radius 2 is 1.81 bits per heavy atom. The second kappa shape index (κ2) is 11.1. The molecule has 0 aromatic heterocycles. The Morgan fingerprint density at radius 1 is 1.15 bits per heavy atom. The monoisotopic (exact) mass is 386 g/mol. The lowest BCUT2D eigenvalue weighted by molar-refractivity contribution is -0.139.